The van der Waals surface area contributed by atoms with Crippen LogP contribution in [0.3, 0.4) is 0 Å². The van der Waals surface area contributed by atoms with Gasteiger partial charge in [0, 0.05) is 6.54 Å². The Hall–Kier alpha value is -1.26. The first-order valence-corrected chi connectivity index (χ1v) is 7.16. The molecule has 0 aromatic carbocycles. The van der Waals surface area contributed by atoms with Crippen LogP contribution in [0, 0.1) is 17.3 Å². The van der Waals surface area contributed by atoms with E-state index in [9.17, 15) is 9.59 Å². The lowest BCUT2D eigenvalue weighted by molar-refractivity contribution is -0.147. The lowest BCUT2D eigenvalue weighted by Gasteiger charge is -2.21. The van der Waals surface area contributed by atoms with Crippen molar-refractivity contribution in [1.82, 2.24) is 5.32 Å². The molecule has 0 unspecified atom stereocenters. The van der Waals surface area contributed by atoms with Gasteiger partial charge in [0.15, 0.2) is 0 Å². The van der Waals surface area contributed by atoms with Gasteiger partial charge in [-0.25, -0.2) is 4.79 Å². The molecule has 5 nitrogen and oxygen atoms in total. The van der Waals surface area contributed by atoms with Crippen LogP contribution in [0.15, 0.2) is 0 Å². The largest absolute Gasteiger partial charge is 0.469 e. The summed E-state index contributed by atoms with van der Waals surface area (Å²) in [5.74, 6) is 0.567. The summed E-state index contributed by atoms with van der Waals surface area (Å²) < 4.78 is 10.1. The summed E-state index contributed by atoms with van der Waals surface area (Å²) in [6.07, 6.45) is 1.25. The standard InChI is InChI=1S/C15H27NO4/c1-10(2)7-11-8-15(11,12(17)19-6)9-16-13(18)20-14(3,4)5/h10-11H,7-9H2,1-6H3,(H,16,18)/t11-,15+/m0/s1. The zero-order valence-electron chi connectivity index (χ0n) is 13.4. The Morgan fingerprint density at radius 3 is 2.40 bits per heavy atom. The summed E-state index contributed by atoms with van der Waals surface area (Å²) in [7, 11) is 1.39. The molecule has 5 heteroatoms. The van der Waals surface area contributed by atoms with Crippen LogP contribution >= 0.6 is 0 Å². The second kappa shape index (κ2) is 6.02. The third kappa shape index (κ3) is 4.39. The van der Waals surface area contributed by atoms with Crippen molar-refractivity contribution < 1.29 is 19.1 Å². The number of hydrogen-bond acceptors (Lipinski definition) is 4. The molecular formula is C15H27NO4. The number of methoxy groups -OCH3 is 1. The van der Waals surface area contributed by atoms with Crippen molar-refractivity contribution in [3.63, 3.8) is 0 Å². The third-order valence-corrected chi connectivity index (χ3v) is 3.53. The number of rotatable bonds is 5. The van der Waals surface area contributed by atoms with Crippen LogP contribution in [0.2, 0.25) is 0 Å². The molecule has 0 heterocycles. The molecule has 0 aromatic heterocycles. The number of esters is 1. The summed E-state index contributed by atoms with van der Waals surface area (Å²) in [4.78, 5) is 23.7. The highest BCUT2D eigenvalue weighted by atomic mass is 16.6. The Balaban J connectivity index is 2.57. The van der Waals surface area contributed by atoms with Crippen molar-refractivity contribution >= 4 is 12.1 Å². The van der Waals surface area contributed by atoms with E-state index < -0.39 is 17.1 Å². The van der Waals surface area contributed by atoms with Gasteiger partial charge in [0.05, 0.1) is 12.5 Å². The van der Waals surface area contributed by atoms with E-state index in [4.69, 9.17) is 9.47 Å². The molecule has 1 aliphatic carbocycles. The van der Waals surface area contributed by atoms with Crippen LogP contribution in [0.5, 0.6) is 0 Å². The molecule has 1 fully saturated rings. The van der Waals surface area contributed by atoms with E-state index in [0.717, 1.165) is 12.8 Å². The van der Waals surface area contributed by atoms with E-state index in [1.807, 2.05) is 0 Å². The lowest BCUT2D eigenvalue weighted by atomic mass is 9.97. The predicted molar refractivity (Wildman–Crippen MR) is 76.2 cm³/mol. The molecule has 0 aliphatic heterocycles. The molecule has 1 rings (SSSR count). The number of carbonyl (C=O) groups is 2. The molecule has 0 radical (unpaired) electrons. The maximum atomic E-state index is 12.0. The first-order valence-electron chi connectivity index (χ1n) is 7.16. The summed E-state index contributed by atoms with van der Waals surface area (Å²) in [6.45, 7) is 9.96. The van der Waals surface area contributed by atoms with E-state index >= 15 is 0 Å². The van der Waals surface area contributed by atoms with E-state index in [-0.39, 0.29) is 18.4 Å². The number of alkyl carbamates (subject to hydrolysis) is 1. The van der Waals surface area contributed by atoms with Crippen molar-refractivity contribution in [3.05, 3.63) is 0 Å². The Kier molecular flexibility index (Phi) is 5.05. The normalized spacial score (nSPS) is 25.2. The lowest BCUT2D eigenvalue weighted by Crippen LogP contribution is -2.39. The fourth-order valence-corrected chi connectivity index (χ4v) is 2.54. The highest BCUT2D eigenvalue weighted by molar-refractivity contribution is 5.81. The van der Waals surface area contributed by atoms with Gasteiger partial charge < -0.3 is 14.8 Å². The minimum absolute atomic E-state index is 0.237. The van der Waals surface area contributed by atoms with Gasteiger partial charge in [0.25, 0.3) is 0 Å². The van der Waals surface area contributed by atoms with Crippen LogP contribution < -0.4 is 5.32 Å². The fraction of sp³-hybridized carbons (Fsp3) is 0.867. The molecule has 2 atom stereocenters. The maximum Gasteiger partial charge on any atom is 0.407 e. The first-order chi connectivity index (χ1) is 9.10. The Morgan fingerprint density at radius 2 is 1.95 bits per heavy atom. The zero-order valence-corrected chi connectivity index (χ0v) is 13.4. The van der Waals surface area contributed by atoms with Crippen molar-refractivity contribution in [1.29, 1.82) is 0 Å². The summed E-state index contributed by atoms with van der Waals surface area (Å²) in [5.41, 5.74) is -1.10. The van der Waals surface area contributed by atoms with Gasteiger partial charge in [-0.3, -0.25) is 4.79 Å². The minimum Gasteiger partial charge on any atom is -0.469 e. The Labute approximate surface area is 121 Å². The number of hydrogen-bond donors (Lipinski definition) is 1. The van der Waals surface area contributed by atoms with Crippen LogP contribution in [-0.2, 0) is 14.3 Å². The average Bonchev–Trinajstić information content (AvgIpc) is 2.97. The fourth-order valence-electron chi connectivity index (χ4n) is 2.54. The summed E-state index contributed by atoms with van der Waals surface area (Å²) >= 11 is 0. The molecule has 20 heavy (non-hydrogen) atoms. The topological polar surface area (TPSA) is 64.6 Å². The molecule has 1 N–H and O–H groups in total. The van der Waals surface area contributed by atoms with E-state index in [2.05, 4.69) is 19.2 Å². The molecule has 0 saturated heterocycles. The molecule has 1 saturated carbocycles. The third-order valence-electron chi connectivity index (χ3n) is 3.53. The molecule has 0 bridgehead atoms. The number of amides is 1. The van der Waals surface area contributed by atoms with Gasteiger partial charge in [-0.1, -0.05) is 13.8 Å². The average molecular weight is 285 g/mol. The van der Waals surface area contributed by atoms with Crippen LogP contribution in [0.1, 0.15) is 47.5 Å². The quantitative estimate of drug-likeness (QED) is 0.789. The van der Waals surface area contributed by atoms with Crippen molar-refractivity contribution in [3.8, 4) is 0 Å². The van der Waals surface area contributed by atoms with Crippen molar-refractivity contribution in [2.24, 2.45) is 17.3 Å². The number of nitrogens with one attached hydrogen (secondary N) is 1. The van der Waals surface area contributed by atoms with Gasteiger partial charge >= 0.3 is 12.1 Å². The van der Waals surface area contributed by atoms with Gasteiger partial charge in [-0.15, -0.1) is 0 Å². The highest BCUT2D eigenvalue weighted by Gasteiger charge is 2.60. The van der Waals surface area contributed by atoms with E-state index in [0.29, 0.717) is 5.92 Å². The van der Waals surface area contributed by atoms with Crippen LogP contribution in [-0.4, -0.2) is 31.3 Å². The molecular weight excluding hydrogens is 258 g/mol. The number of ether oxygens (including phenoxy) is 2. The van der Waals surface area contributed by atoms with Gasteiger partial charge in [0.1, 0.15) is 5.60 Å². The Bertz CT molecular complexity index is 373. The number of carbonyl (C=O) groups excluding carboxylic acids is 2. The highest BCUT2D eigenvalue weighted by Crippen LogP contribution is 2.56. The molecule has 0 spiro atoms. The van der Waals surface area contributed by atoms with E-state index in [1.54, 1.807) is 20.8 Å². The second-order valence-corrected chi connectivity index (χ2v) is 7.03. The summed E-state index contributed by atoms with van der Waals surface area (Å²) in [5, 5.41) is 2.70. The van der Waals surface area contributed by atoms with Gasteiger partial charge in [0.2, 0.25) is 0 Å². The molecule has 1 amide bonds. The van der Waals surface area contributed by atoms with Gasteiger partial charge in [-0.2, -0.15) is 0 Å². The Morgan fingerprint density at radius 1 is 1.35 bits per heavy atom. The molecule has 0 aromatic rings. The predicted octanol–water partition coefficient (Wildman–Crippen LogP) is 2.74. The monoisotopic (exact) mass is 285 g/mol. The molecule has 1 aliphatic rings. The minimum atomic E-state index is -0.560. The maximum absolute atomic E-state index is 12.0. The van der Waals surface area contributed by atoms with Crippen LogP contribution in [0.25, 0.3) is 0 Å². The smallest absolute Gasteiger partial charge is 0.407 e. The van der Waals surface area contributed by atoms with Crippen LogP contribution in [0.4, 0.5) is 4.79 Å². The SMILES string of the molecule is COC(=O)[C@@]1(CNC(=O)OC(C)(C)C)C[C@@H]1CC(C)C. The van der Waals surface area contributed by atoms with Crippen molar-refractivity contribution in [2.45, 2.75) is 53.1 Å². The summed E-state index contributed by atoms with van der Waals surface area (Å²) in [6, 6.07) is 0. The van der Waals surface area contributed by atoms with Gasteiger partial charge in [-0.05, 0) is 45.4 Å². The second-order valence-electron chi connectivity index (χ2n) is 7.03. The first kappa shape index (κ1) is 16.8. The van der Waals surface area contributed by atoms with E-state index in [1.165, 1.54) is 7.11 Å². The van der Waals surface area contributed by atoms with Crippen molar-refractivity contribution in [2.75, 3.05) is 13.7 Å². The molecule has 116 valence electrons. The zero-order chi connectivity index (χ0) is 15.6.